The fraction of sp³-hybridized carbons (Fsp3) is 0.0625. The maximum Gasteiger partial charge on any atom is 0.323 e. The van der Waals surface area contributed by atoms with E-state index in [-0.39, 0.29) is 14.1 Å². The highest BCUT2D eigenvalue weighted by atomic mass is 32.2. The van der Waals surface area contributed by atoms with Crippen molar-refractivity contribution in [3.63, 3.8) is 0 Å². The number of primary sulfonamides is 1. The quantitative estimate of drug-likeness (QED) is 0.549. The Bertz CT molecular complexity index is 1090. The summed E-state index contributed by atoms with van der Waals surface area (Å²) in [7, 11) is -3.84. The number of nitrogens with two attached hydrogens (primary N) is 1. The number of carbonyl (C=O) groups excluding carboxylic acids is 1. The predicted octanol–water partition coefficient (Wildman–Crippen LogP) is 1.88. The lowest BCUT2D eigenvalue weighted by Crippen LogP contribution is -2.33. The Morgan fingerprint density at radius 3 is 2.74 bits per heavy atom. The van der Waals surface area contributed by atoms with Crippen LogP contribution in [0.4, 0.5) is 0 Å². The summed E-state index contributed by atoms with van der Waals surface area (Å²) in [4.78, 5) is 24.3. The Kier molecular flexibility index (Phi) is 5.20. The van der Waals surface area contributed by atoms with Crippen LogP contribution in [0.3, 0.4) is 0 Å². The van der Waals surface area contributed by atoms with E-state index in [0.29, 0.717) is 17.1 Å². The van der Waals surface area contributed by atoms with Crippen LogP contribution in [-0.4, -0.2) is 41.2 Å². The average Bonchev–Trinajstić information content (AvgIpc) is 3.15. The van der Waals surface area contributed by atoms with E-state index in [9.17, 15) is 18.0 Å². The zero-order valence-electron chi connectivity index (χ0n) is 13.5. The maximum absolute atomic E-state index is 12.3. The molecule has 2 aromatic rings. The first-order valence-corrected chi connectivity index (χ1v) is 10.1. The van der Waals surface area contributed by atoms with Crippen LogP contribution in [0.2, 0.25) is 0 Å². The number of rotatable bonds is 5. The number of aliphatic carboxylic acids is 1. The van der Waals surface area contributed by atoms with Crippen LogP contribution >= 0.6 is 24.0 Å². The van der Waals surface area contributed by atoms with Gasteiger partial charge in [-0.05, 0) is 24.3 Å². The molecule has 3 N–H and O–H groups in total. The third-order valence-corrected chi connectivity index (χ3v) is 5.80. The Labute approximate surface area is 163 Å². The van der Waals surface area contributed by atoms with Gasteiger partial charge in [0.15, 0.2) is 0 Å². The van der Waals surface area contributed by atoms with Crippen molar-refractivity contribution in [3.05, 3.63) is 47.1 Å². The maximum atomic E-state index is 12.3. The molecule has 1 aliphatic heterocycles. The molecule has 2 heterocycles. The third-order valence-electron chi connectivity index (χ3n) is 3.51. The second-order valence-corrected chi connectivity index (χ2v) is 8.67. The summed E-state index contributed by atoms with van der Waals surface area (Å²) in [6, 6.07) is 9.16. The molecule has 0 bridgehead atoms. The molecule has 0 radical (unpaired) electrons. The van der Waals surface area contributed by atoms with Crippen LogP contribution in [0.5, 0.6) is 0 Å². The molecule has 0 aliphatic carbocycles. The molecule has 1 aromatic carbocycles. The lowest BCUT2D eigenvalue weighted by atomic mass is 10.2. The van der Waals surface area contributed by atoms with E-state index in [4.69, 9.17) is 26.9 Å². The van der Waals surface area contributed by atoms with E-state index in [1.165, 1.54) is 24.3 Å². The van der Waals surface area contributed by atoms with Crippen LogP contribution in [0, 0.1) is 0 Å². The Morgan fingerprint density at radius 1 is 1.33 bits per heavy atom. The SMILES string of the molecule is NS(=O)(=O)c1cccc(-c2ccc(/C=C3/SC(=S)N(CC(=O)O)C3=O)o2)c1. The number of sulfonamides is 1. The highest BCUT2D eigenvalue weighted by molar-refractivity contribution is 8.26. The standard InChI is InChI=1S/C16H12N2O6S3/c17-27(22,23)11-3-1-2-9(6-11)12-5-4-10(24-12)7-13-15(21)18(8-14(19)20)16(25)26-13/h1-7H,8H2,(H,19,20)(H2,17,22,23)/b13-7+. The van der Waals surface area contributed by atoms with Crippen LogP contribution in [0.15, 0.2) is 50.6 Å². The Balaban J connectivity index is 1.87. The van der Waals surface area contributed by atoms with E-state index in [1.54, 1.807) is 18.2 Å². The topological polar surface area (TPSA) is 131 Å². The van der Waals surface area contributed by atoms with Gasteiger partial charge in [0.1, 0.15) is 22.4 Å². The number of thioether (sulfide) groups is 1. The molecule has 1 aromatic heterocycles. The molecular weight excluding hydrogens is 412 g/mol. The van der Waals surface area contributed by atoms with Crippen molar-refractivity contribution in [1.29, 1.82) is 0 Å². The van der Waals surface area contributed by atoms with Crippen LogP contribution in [0.1, 0.15) is 5.76 Å². The van der Waals surface area contributed by atoms with Gasteiger partial charge in [0.25, 0.3) is 5.91 Å². The summed E-state index contributed by atoms with van der Waals surface area (Å²) >= 11 is 6.00. The molecular formula is C16H12N2O6S3. The third kappa shape index (κ3) is 4.27. The van der Waals surface area contributed by atoms with Gasteiger partial charge in [0, 0.05) is 11.6 Å². The summed E-state index contributed by atoms with van der Waals surface area (Å²) < 4.78 is 28.7. The van der Waals surface area contributed by atoms with Crippen LogP contribution in [0.25, 0.3) is 17.4 Å². The number of nitrogens with zero attached hydrogens (tertiary/aromatic N) is 1. The molecule has 8 nitrogen and oxygen atoms in total. The summed E-state index contributed by atoms with van der Waals surface area (Å²) in [5.41, 5.74) is 0.500. The second kappa shape index (κ2) is 7.27. The first-order valence-electron chi connectivity index (χ1n) is 7.35. The lowest BCUT2D eigenvalue weighted by Gasteiger charge is -2.09. The van der Waals surface area contributed by atoms with Crippen molar-refractivity contribution in [1.82, 2.24) is 4.90 Å². The number of furan rings is 1. The van der Waals surface area contributed by atoms with Gasteiger partial charge >= 0.3 is 5.97 Å². The number of carbonyl (C=O) groups is 2. The zero-order valence-corrected chi connectivity index (χ0v) is 15.9. The molecule has 1 amide bonds. The van der Waals surface area contributed by atoms with Gasteiger partial charge in [-0.1, -0.05) is 36.1 Å². The van der Waals surface area contributed by atoms with E-state index >= 15 is 0 Å². The van der Waals surface area contributed by atoms with Gasteiger partial charge in [-0.3, -0.25) is 14.5 Å². The van der Waals surface area contributed by atoms with Gasteiger partial charge in [-0.25, -0.2) is 13.6 Å². The van der Waals surface area contributed by atoms with Gasteiger partial charge in [-0.15, -0.1) is 0 Å². The molecule has 3 rings (SSSR count). The summed E-state index contributed by atoms with van der Waals surface area (Å²) in [6.07, 6.45) is 1.45. The Hall–Kier alpha value is -2.47. The number of carboxylic acid groups (broad SMARTS) is 1. The molecule has 27 heavy (non-hydrogen) atoms. The first kappa shape index (κ1) is 19.3. The van der Waals surface area contributed by atoms with E-state index in [2.05, 4.69) is 0 Å². The molecule has 11 heteroatoms. The van der Waals surface area contributed by atoms with Gasteiger partial charge < -0.3 is 9.52 Å². The molecule has 0 saturated carbocycles. The van der Waals surface area contributed by atoms with E-state index < -0.39 is 28.4 Å². The van der Waals surface area contributed by atoms with Crippen molar-refractivity contribution < 1.29 is 27.5 Å². The van der Waals surface area contributed by atoms with Gasteiger partial charge in [-0.2, -0.15) is 0 Å². The minimum atomic E-state index is -3.84. The molecule has 1 saturated heterocycles. The molecule has 140 valence electrons. The molecule has 0 spiro atoms. The number of carboxylic acids is 1. The average molecular weight is 424 g/mol. The molecule has 0 atom stereocenters. The summed E-state index contributed by atoms with van der Waals surface area (Å²) in [5.74, 6) is -0.959. The van der Waals surface area contributed by atoms with Crippen molar-refractivity contribution in [2.45, 2.75) is 4.90 Å². The summed E-state index contributed by atoms with van der Waals surface area (Å²) in [5, 5.41) is 14.0. The smallest absolute Gasteiger partial charge is 0.323 e. The molecule has 0 unspecified atom stereocenters. The minimum Gasteiger partial charge on any atom is -0.480 e. The normalized spacial score (nSPS) is 16.3. The number of amides is 1. The number of thiocarbonyl (C=S) groups is 1. The largest absolute Gasteiger partial charge is 0.480 e. The van der Waals surface area contributed by atoms with Crippen LogP contribution < -0.4 is 5.14 Å². The number of hydrogen-bond acceptors (Lipinski definition) is 7. The van der Waals surface area contributed by atoms with Crippen LogP contribution in [-0.2, 0) is 19.6 Å². The monoisotopic (exact) mass is 424 g/mol. The summed E-state index contributed by atoms with van der Waals surface area (Å²) in [6.45, 7) is -0.508. The van der Waals surface area contributed by atoms with Crippen molar-refractivity contribution in [3.8, 4) is 11.3 Å². The Morgan fingerprint density at radius 2 is 2.07 bits per heavy atom. The highest BCUT2D eigenvalue weighted by Gasteiger charge is 2.33. The van der Waals surface area contributed by atoms with Gasteiger partial charge in [0.05, 0.1) is 9.80 Å². The van der Waals surface area contributed by atoms with Crippen molar-refractivity contribution in [2.24, 2.45) is 5.14 Å². The molecule has 1 fully saturated rings. The fourth-order valence-corrected chi connectivity index (χ4v) is 4.11. The van der Waals surface area contributed by atoms with E-state index in [0.717, 1.165) is 16.7 Å². The molecule has 1 aliphatic rings. The van der Waals surface area contributed by atoms with Crippen molar-refractivity contribution in [2.75, 3.05) is 6.54 Å². The second-order valence-electron chi connectivity index (χ2n) is 5.44. The lowest BCUT2D eigenvalue weighted by molar-refractivity contribution is -0.140. The zero-order chi connectivity index (χ0) is 19.8. The van der Waals surface area contributed by atoms with Crippen molar-refractivity contribution >= 4 is 56.3 Å². The fourth-order valence-electron chi connectivity index (χ4n) is 2.31. The van der Waals surface area contributed by atoms with E-state index in [1.807, 2.05) is 0 Å². The van der Waals surface area contributed by atoms with Gasteiger partial charge in [0.2, 0.25) is 10.0 Å². The number of benzene rings is 1. The predicted molar refractivity (Wildman–Crippen MR) is 103 cm³/mol. The minimum absolute atomic E-state index is 0.0486. The number of hydrogen-bond donors (Lipinski definition) is 2. The first-order chi connectivity index (χ1) is 12.6. The highest BCUT2D eigenvalue weighted by Crippen LogP contribution is 2.33.